The summed E-state index contributed by atoms with van der Waals surface area (Å²) in [5, 5.41) is 0. The lowest BCUT2D eigenvalue weighted by Gasteiger charge is -2.41. The first-order chi connectivity index (χ1) is 7.38. The molecule has 1 aliphatic carbocycles. The van der Waals surface area contributed by atoms with Crippen molar-refractivity contribution >= 4 is 15.9 Å². The maximum absolute atomic E-state index is 3.85. The SMILES string of the molecule is Cc1ccc([C@]2(C)CC[C@@H](Br)C2(C)C)cc1. The molecule has 2 atom stereocenters. The second-order valence-electron chi connectivity index (χ2n) is 5.93. The van der Waals surface area contributed by atoms with Crippen molar-refractivity contribution in [3.63, 3.8) is 0 Å². The molecule has 1 aliphatic rings. The lowest BCUT2D eigenvalue weighted by atomic mass is 9.65. The lowest BCUT2D eigenvalue weighted by Crippen LogP contribution is -2.38. The van der Waals surface area contributed by atoms with E-state index in [1.807, 2.05) is 0 Å². The maximum atomic E-state index is 3.85. The Balaban J connectivity index is 2.43. The molecule has 88 valence electrons. The molecule has 1 saturated carbocycles. The number of aryl methyl sites for hydroxylation is 1. The highest BCUT2D eigenvalue weighted by Gasteiger charge is 2.51. The smallest absolute Gasteiger partial charge is 0.0205 e. The summed E-state index contributed by atoms with van der Waals surface area (Å²) in [6.07, 6.45) is 2.55. The van der Waals surface area contributed by atoms with E-state index in [0.29, 0.717) is 15.7 Å². The zero-order valence-electron chi connectivity index (χ0n) is 10.7. The van der Waals surface area contributed by atoms with Crippen LogP contribution in [0.5, 0.6) is 0 Å². The van der Waals surface area contributed by atoms with E-state index in [-0.39, 0.29) is 0 Å². The summed E-state index contributed by atoms with van der Waals surface area (Å²) < 4.78 is 0. The third kappa shape index (κ3) is 1.64. The summed E-state index contributed by atoms with van der Waals surface area (Å²) in [4.78, 5) is 0.631. The third-order valence-corrected chi connectivity index (χ3v) is 6.39. The van der Waals surface area contributed by atoms with Crippen molar-refractivity contribution in [2.75, 3.05) is 0 Å². The van der Waals surface area contributed by atoms with Crippen molar-refractivity contribution in [1.82, 2.24) is 0 Å². The van der Waals surface area contributed by atoms with Gasteiger partial charge in [0.15, 0.2) is 0 Å². The van der Waals surface area contributed by atoms with Gasteiger partial charge in [-0.05, 0) is 36.2 Å². The van der Waals surface area contributed by atoms with E-state index in [9.17, 15) is 0 Å². The van der Waals surface area contributed by atoms with Crippen LogP contribution in [0.1, 0.15) is 44.7 Å². The van der Waals surface area contributed by atoms with Crippen molar-refractivity contribution in [3.8, 4) is 0 Å². The van der Waals surface area contributed by atoms with Gasteiger partial charge in [0.05, 0.1) is 0 Å². The Labute approximate surface area is 108 Å². The van der Waals surface area contributed by atoms with Gasteiger partial charge in [0.2, 0.25) is 0 Å². The summed E-state index contributed by atoms with van der Waals surface area (Å²) in [6.45, 7) is 9.34. The van der Waals surface area contributed by atoms with Gasteiger partial charge < -0.3 is 0 Å². The molecule has 16 heavy (non-hydrogen) atoms. The number of benzene rings is 1. The van der Waals surface area contributed by atoms with Gasteiger partial charge in [-0.2, -0.15) is 0 Å². The Morgan fingerprint density at radius 1 is 1.12 bits per heavy atom. The normalized spacial score (nSPS) is 32.9. The van der Waals surface area contributed by atoms with Crippen LogP contribution in [0.2, 0.25) is 0 Å². The Morgan fingerprint density at radius 2 is 1.69 bits per heavy atom. The van der Waals surface area contributed by atoms with Gasteiger partial charge in [0.25, 0.3) is 0 Å². The molecule has 0 nitrogen and oxygen atoms in total. The molecule has 0 saturated heterocycles. The van der Waals surface area contributed by atoms with Gasteiger partial charge in [-0.15, -0.1) is 0 Å². The maximum Gasteiger partial charge on any atom is 0.0205 e. The molecule has 0 bridgehead atoms. The van der Waals surface area contributed by atoms with Crippen LogP contribution in [-0.2, 0) is 5.41 Å². The van der Waals surface area contributed by atoms with E-state index in [4.69, 9.17) is 0 Å². The summed E-state index contributed by atoms with van der Waals surface area (Å²) in [5.41, 5.74) is 3.46. The average Bonchev–Trinajstić information content (AvgIpc) is 2.44. The van der Waals surface area contributed by atoms with Crippen LogP contribution in [0.4, 0.5) is 0 Å². The van der Waals surface area contributed by atoms with E-state index in [0.717, 1.165) is 0 Å². The Kier molecular flexibility index (Phi) is 2.94. The molecule has 1 aromatic carbocycles. The standard InChI is InChI=1S/C15H21Br/c1-11-5-7-12(8-6-11)15(4)10-9-13(16)14(15,2)3/h5-8,13H,9-10H2,1-4H3/t13-,15+/m1/s1. The fourth-order valence-electron chi connectivity index (χ4n) is 2.88. The molecule has 0 N–H and O–H groups in total. The molecule has 0 amide bonds. The van der Waals surface area contributed by atoms with Crippen LogP contribution < -0.4 is 0 Å². The number of alkyl halides is 1. The monoisotopic (exact) mass is 280 g/mol. The van der Waals surface area contributed by atoms with Crippen LogP contribution in [0.3, 0.4) is 0 Å². The van der Waals surface area contributed by atoms with E-state index in [1.165, 1.54) is 24.0 Å². The minimum atomic E-state index is 0.300. The van der Waals surface area contributed by atoms with Gasteiger partial charge in [-0.3, -0.25) is 0 Å². The topological polar surface area (TPSA) is 0 Å². The first kappa shape index (κ1) is 12.2. The van der Waals surface area contributed by atoms with Gasteiger partial charge in [-0.25, -0.2) is 0 Å². The summed E-state index contributed by atoms with van der Waals surface area (Å²) in [7, 11) is 0. The van der Waals surface area contributed by atoms with E-state index < -0.39 is 0 Å². The summed E-state index contributed by atoms with van der Waals surface area (Å²) in [6, 6.07) is 9.08. The van der Waals surface area contributed by atoms with E-state index in [1.54, 1.807) is 0 Å². The number of halogens is 1. The molecule has 0 aliphatic heterocycles. The van der Waals surface area contributed by atoms with E-state index in [2.05, 4.69) is 67.9 Å². The molecule has 1 fully saturated rings. The second-order valence-corrected chi connectivity index (χ2v) is 7.03. The molecular formula is C15H21Br. The lowest BCUT2D eigenvalue weighted by molar-refractivity contribution is 0.233. The molecular weight excluding hydrogens is 260 g/mol. The van der Waals surface area contributed by atoms with Gasteiger partial charge in [-0.1, -0.05) is 66.5 Å². The van der Waals surface area contributed by atoms with Crippen molar-refractivity contribution < 1.29 is 0 Å². The molecule has 0 spiro atoms. The van der Waals surface area contributed by atoms with Gasteiger partial charge in [0.1, 0.15) is 0 Å². The van der Waals surface area contributed by atoms with Crippen LogP contribution >= 0.6 is 15.9 Å². The molecule has 2 rings (SSSR count). The first-order valence-electron chi connectivity index (χ1n) is 6.09. The predicted octanol–water partition coefficient (Wildman–Crippen LogP) is 4.84. The first-order valence-corrected chi connectivity index (χ1v) is 7.01. The molecule has 0 unspecified atom stereocenters. The van der Waals surface area contributed by atoms with Crippen molar-refractivity contribution in [2.24, 2.45) is 5.41 Å². The highest BCUT2D eigenvalue weighted by Crippen LogP contribution is 2.56. The third-order valence-electron chi connectivity index (χ3n) is 4.79. The zero-order valence-corrected chi connectivity index (χ0v) is 12.3. The molecule has 1 heteroatoms. The molecule has 0 heterocycles. The fraction of sp³-hybridized carbons (Fsp3) is 0.600. The quantitative estimate of drug-likeness (QED) is 0.646. The van der Waals surface area contributed by atoms with Gasteiger partial charge >= 0.3 is 0 Å². The van der Waals surface area contributed by atoms with Crippen molar-refractivity contribution in [1.29, 1.82) is 0 Å². The predicted molar refractivity (Wildman–Crippen MR) is 74.3 cm³/mol. The largest absolute Gasteiger partial charge is 0.0885 e. The Hall–Kier alpha value is -0.300. The second kappa shape index (κ2) is 3.87. The highest BCUT2D eigenvalue weighted by atomic mass is 79.9. The van der Waals surface area contributed by atoms with Crippen LogP contribution in [0, 0.1) is 12.3 Å². The number of rotatable bonds is 1. The van der Waals surface area contributed by atoms with Gasteiger partial charge in [0, 0.05) is 4.83 Å². The van der Waals surface area contributed by atoms with Crippen LogP contribution in [0.25, 0.3) is 0 Å². The molecule has 0 radical (unpaired) electrons. The van der Waals surface area contributed by atoms with E-state index >= 15 is 0 Å². The average molecular weight is 281 g/mol. The minimum absolute atomic E-state index is 0.300. The fourth-order valence-corrected chi connectivity index (χ4v) is 3.62. The van der Waals surface area contributed by atoms with Crippen molar-refractivity contribution in [3.05, 3.63) is 35.4 Å². The number of hydrogen-bond acceptors (Lipinski definition) is 0. The Bertz CT molecular complexity index is 377. The number of hydrogen-bond donors (Lipinski definition) is 0. The molecule has 0 aromatic heterocycles. The minimum Gasteiger partial charge on any atom is -0.0885 e. The highest BCUT2D eigenvalue weighted by molar-refractivity contribution is 9.09. The molecule has 1 aromatic rings. The van der Waals surface area contributed by atoms with Crippen LogP contribution in [-0.4, -0.2) is 4.83 Å². The Morgan fingerprint density at radius 3 is 2.12 bits per heavy atom. The van der Waals surface area contributed by atoms with Crippen molar-refractivity contribution in [2.45, 2.75) is 50.8 Å². The summed E-state index contributed by atoms with van der Waals surface area (Å²) >= 11 is 3.85. The zero-order chi connectivity index (χ0) is 12.0. The summed E-state index contributed by atoms with van der Waals surface area (Å²) in [5.74, 6) is 0. The van der Waals surface area contributed by atoms with Crippen LogP contribution in [0.15, 0.2) is 24.3 Å².